The van der Waals surface area contributed by atoms with Gasteiger partial charge in [0.1, 0.15) is 0 Å². The number of carbonyl (C=O) groups excluding carboxylic acids is 2. The highest BCUT2D eigenvalue weighted by Crippen LogP contribution is 2.30. The summed E-state index contributed by atoms with van der Waals surface area (Å²) >= 11 is 1.70. The summed E-state index contributed by atoms with van der Waals surface area (Å²) < 4.78 is 0. The Kier molecular flexibility index (Phi) is 7.18. The van der Waals surface area contributed by atoms with Crippen LogP contribution in [0.15, 0.2) is 41.8 Å². The molecular formula is C24H31N3O2S. The lowest BCUT2D eigenvalue weighted by Crippen LogP contribution is -2.47. The second-order valence-electron chi connectivity index (χ2n) is 8.39. The van der Waals surface area contributed by atoms with Crippen molar-refractivity contribution in [3.05, 3.63) is 57.8 Å². The van der Waals surface area contributed by atoms with E-state index in [2.05, 4.69) is 51.2 Å². The summed E-state index contributed by atoms with van der Waals surface area (Å²) in [5, 5.41) is 7.93. The monoisotopic (exact) mass is 425 g/mol. The molecule has 1 unspecified atom stereocenters. The van der Waals surface area contributed by atoms with Gasteiger partial charge in [-0.1, -0.05) is 56.0 Å². The first kappa shape index (κ1) is 21.1. The summed E-state index contributed by atoms with van der Waals surface area (Å²) in [6.07, 6.45) is 7.66. The van der Waals surface area contributed by atoms with Crippen molar-refractivity contribution >= 4 is 23.2 Å². The quantitative estimate of drug-likeness (QED) is 0.566. The minimum absolute atomic E-state index is 0.0768. The minimum atomic E-state index is -0.516. The van der Waals surface area contributed by atoms with Crippen molar-refractivity contribution < 1.29 is 9.59 Å². The van der Waals surface area contributed by atoms with Gasteiger partial charge in [0.15, 0.2) is 0 Å². The van der Waals surface area contributed by atoms with Gasteiger partial charge >= 0.3 is 11.8 Å². The second kappa shape index (κ2) is 10.2. The van der Waals surface area contributed by atoms with Gasteiger partial charge in [0, 0.05) is 30.6 Å². The van der Waals surface area contributed by atoms with Crippen molar-refractivity contribution in [2.75, 3.05) is 13.1 Å². The number of benzene rings is 1. The Morgan fingerprint density at radius 3 is 2.50 bits per heavy atom. The van der Waals surface area contributed by atoms with Crippen molar-refractivity contribution in [2.24, 2.45) is 0 Å². The molecule has 2 N–H and O–H groups in total. The molecule has 1 saturated carbocycles. The van der Waals surface area contributed by atoms with Crippen LogP contribution in [0.2, 0.25) is 0 Å². The summed E-state index contributed by atoms with van der Waals surface area (Å²) in [4.78, 5) is 28.6. The number of fused-ring (bicyclic) bond motifs is 1. The predicted octanol–water partition coefficient (Wildman–Crippen LogP) is 3.80. The maximum absolute atomic E-state index is 12.5. The van der Waals surface area contributed by atoms with Crippen LogP contribution >= 0.6 is 11.3 Å². The van der Waals surface area contributed by atoms with Gasteiger partial charge in [-0.2, -0.15) is 0 Å². The lowest BCUT2D eigenvalue weighted by molar-refractivity contribution is -0.139. The first-order valence-electron chi connectivity index (χ1n) is 11.1. The molecule has 1 aliphatic carbocycles. The van der Waals surface area contributed by atoms with E-state index in [-0.39, 0.29) is 12.1 Å². The van der Waals surface area contributed by atoms with Crippen LogP contribution in [-0.4, -0.2) is 35.8 Å². The Hall–Kier alpha value is -2.18. The molecule has 6 heteroatoms. The Balaban J connectivity index is 1.37. The first-order chi connectivity index (χ1) is 14.7. The van der Waals surface area contributed by atoms with Gasteiger partial charge in [-0.3, -0.25) is 14.5 Å². The molecule has 1 aromatic carbocycles. The molecule has 2 aliphatic rings. The zero-order valence-electron chi connectivity index (χ0n) is 17.4. The van der Waals surface area contributed by atoms with Crippen molar-refractivity contribution in [1.82, 2.24) is 15.5 Å². The number of rotatable bonds is 5. The summed E-state index contributed by atoms with van der Waals surface area (Å²) in [6.45, 7) is 2.26. The van der Waals surface area contributed by atoms with Gasteiger partial charge in [-0.25, -0.2) is 0 Å². The van der Waals surface area contributed by atoms with E-state index in [1.54, 1.807) is 11.3 Å². The number of nitrogens with zero attached hydrogens (tertiary/aromatic N) is 1. The van der Waals surface area contributed by atoms with Gasteiger partial charge in [0.05, 0.1) is 6.04 Å². The van der Waals surface area contributed by atoms with Gasteiger partial charge in [0.2, 0.25) is 0 Å². The number of nitrogens with one attached hydrogen (secondary N) is 2. The molecule has 5 nitrogen and oxygen atoms in total. The van der Waals surface area contributed by atoms with Crippen molar-refractivity contribution in [3.8, 4) is 0 Å². The van der Waals surface area contributed by atoms with Gasteiger partial charge < -0.3 is 10.6 Å². The lowest BCUT2D eigenvalue weighted by atomic mass is 9.98. The van der Waals surface area contributed by atoms with E-state index < -0.39 is 11.8 Å². The molecule has 0 saturated heterocycles. The Bertz CT molecular complexity index is 844. The molecule has 0 radical (unpaired) electrons. The average Bonchev–Trinajstić information content (AvgIpc) is 3.18. The Morgan fingerprint density at radius 1 is 1.00 bits per heavy atom. The zero-order chi connectivity index (χ0) is 20.8. The molecule has 1 atom stereocenters. The molecule has 2 heterocycles. The molecule has 4 rings (SSSR count). The molecule has 2 aromatic rings. The maximum atomic E-state index is 12.5. The van der Waals surface area contributed by atoms with Crippen LogP contribution in [-0.2, 0) is 22.6 Å². The fraction of sp³-hybridized carbons (Fsp3) is 0.500. The lowest BCUT2D eigenvalue weighted by Gasteiger charge is -2.35. The molecular weight excluding hydrogens is 394 g/mol. The molecule has 1 aromatic heterocycles. The van der Waals surface area contributed by atoms with Crippen LogP contribution < -0.4 is 10.6 Å². The third kappa shape index (κ3) is 5.29. The largest absolute Gasteiger partial charge is 0.346 e. The van der Waals surface area contributed by atoms with Gasteiger partial charge in [-0.15, -0.1) is 11.3 Å². The van der Waals surface area contributed by atoms with Crippen molar-refractivity contribution in [3.63, 3.8) is 0 Å². The van der Waals surface area contributed by atoms with Crippen LogP contribution in [0.25, 0.3) is 0 Å². The SMILES string of the molecule is O=C(NCC(c1cccs1)N1CCc2ccccc2C1)C(=O)NC1CCCCCC1. The average molecular weight is 426 g/mol. The number of thiophene rings is 1. The summed E-state index contributed by atoms with van der Waals surface area (Å²) in [7, 11) is 0. The number of amides is 2. The fourth-order valence-electron chi connectivity index (χ4n) is 4.62. The topological polar surface area (TPSA) is 61.4 Å². The van der Waals surface area contributed by atoms with Crippen LogP contribution in [0.5, 0.6) is 0 Å². The van der Waals surface area contributed by atoms with Crippen molar-refractivity contribution in [2.45, 2.75) is 63.6 Å². The van der Waals surface area contributed by atoms with E-state index in [0.29, 0.717) is 6.54 Å². The van der Waals surface area contributed by atoms with E-state index >= 15 is 0 Å². The Morgan fingerprint density at radius 2 is 1.77 bits per heavy atom. The van der Waals surface area contributed by atoms with Gasteiger partial charge in [0.25, 0.3) is 0 Å². The molecule has 1 aliphatic heterocycles. The van der Waals surface area contributed by atoms with Crippen molar-refractivity contribution in [1.29, 1.82) is 0 Å². The van der Waals surface area contributed by atoms with Crippen LogP contribution in [0.4, 0.5) is 0 Å². The number of hydrogen-bond donors (Lipinski definition) is 2. The zero-order valence-corrected chi connectivity index (χ0v) is 18.3. The summed E-state index contributed by atoms with van der Waals surface area (Å²) in [5.74, 6) is -1.01. The van der Waals surface area contributed by atoms with E-state index in [9.17, 15) is 9.59 Å². The highest BCUT2D eigenvalue weighted by Gasteiger charge is 2.27. The maximum Gasteiger partial charge on any atom is 0.309 e. The molecule has 160 valence electrons. The molecule has 1 fully saturated rings. The van der Waals surface area contributed by atoms with E-state index in [1.165, 1.54) is 28.8 Å². The smallest absolute Gasteiger partial charge is 0.309 e. The third-order valence-electron chi connectivity index (χ3n) is 6.33. The fourth-order valence-corrected chi connectivity index (χ4v) is 5.48. The van der Waals surface area contributed by atoms with E-state index in [1.807, 2.05) is 6.07 Å². The van der Waals surface area contributed by atoms with Crippen LogP contribution in [0.3, 0.4) is 0 Å². The normalized spacial score (nSPS) is 18.8. The number of hydrogen-bond acceptors (Lipinski definition) is 4. The summed E-state index contributed by atoms with van der Waals surface area (Å²) in [5.41, 5.74) is 2.76. The third-order valence-corrected chi connectivity index (χ3v) is 7.30. The highest BCUT2D eigenvalue weighted by atomic mass is 32.1. The standard InChI is InChI=1S/C24H31N3O2S/c28-23(24(29)26-20-10-3-1-2-4-11-20)25-16-21(22-12-7-15-30-22)27-14-13-18-8-5-6-9-19(18)17-27/h5-9,12,15,20-21H,1-4,10-11,13-14,16-17H2,(H,25,28)(H,26,29). The minimum Gasteiger partial charge on any atom is -0.346 e. The van der Waals surface area contributed by atoms with E-state index in [0.717, 1.165) is 45.2 Å². The van der Waals surface area contributed by atoms with Crippen LogP contribution in [0, 0.1) is 0 Å². The molecule has 0 bridgehead atoms. The highest BCUT2D eigenvalue weighted by molar-refractivity contribution is 7.10. The summed E-state index contributed by atoms with van der Waals surface area (Å²) in [6, 6.07) is 12.9. The second-order valence-corrected chi connectivity index (χ2v) is 9.37. The van der Waals surface area contributed by atoms with Crippen LogP contribution in [0.1, 0.15) is 60.6 Å². The molecule has 0 spiro atoms. The molecule has 30 heavy (non-hydrogen) atoms. The molecule has 2 amide bonds. The Labute approximate surface area is 182 Å². The first-order valence-corrected chi connectivity index (χ1v) is 12.0. The van der Waals surface area contributed by atoms with E-state index in [4.69, 9.17) is 0 Å². The number of carbonyl (C=O) groups is 2. The van der Waals surface area contributed by atoms with Gasteiger partial charge in [-0.05, 0) is 41.8 Å². The predicted molar refractivity (Wildman–Crippen MR) is 120 cm³/mol.